The fourth-order valence-corrected chi connectivity index (χ4v) is 4.85. The highest BCUT2D eigenvalue weighted by Crippen LogP contribution is 2.37. The van der Waals surface area contributed by atoms with E-state index in [9.17, 15) is 13.5 Å². The van der Waals surface area contributed by atoms with Crippen LogP contribution in [0.4, 0.5) is 0 Å². The minimum atomic E-state index is -3.52. The quantitative estimate of drug-likeness (QED) is 0.685. The average molecular weight is 375 g/mol. The Morgan fingerprint density at radius 3 is 2.58 bits per heavy atom. The van der Waals surface area contributed by atoms with Crippen molar-refractivity contribution in [3.8, 4) is 0 Å². The van der Waals surface area contributed by atoms with E-state index >= 15 is 0 Å². The van der Waals surface area contributed by atoms with Crippen LogP contribution in [0.1, 0.15) is 44.6 Å². The van der Waals surface area contributed by atoms with Crippen LogP contribution in [-0.4, -0.2) is 19.6 Å². The largest absolute Gasteiger partial charge is 0.389 e. The SMILES string of the molecule is C=C/C=C(/C)[C@H]1CCCC[C@@H]1CC(O)/C=C/S(=O)(=O)c1ccc(C)cc1. The molecule has 26 heavy (non-hydrogen) atoms. The van der Waals surface area contributed by atoms with E-state index in [1.807, 2.05) is 19.1 Å². The molecule has 1 fully saturated rings. The van der Waals surface area contributed by atoms with Gasteiger partial charge in [-0.3, -0.25) is 0 Å². The van der Waals surface area contributed by atoms with Gasteiger partial charge in [-0.15, -0.1) is 0 Å². The molecule has 3 atom stereocenters. The van der Waals surface area contributed by atoms with Gasteiger partial charge in [0.15, 0.2) is 9.84 Å². The van der Waals surface area contributed by atoms with E-state index in [1.54, 1.807) is 24.3 Å². The van der Waals surface area contributed by atoms with Gasteiger partial charge in [0.25, 0.3) is 0 Å². The van der Waals surface area contributed by atoms with Crippen LogP contribution in [0.15, 0.2) is 64.9 Å². The zero-order valence-corrected chi connectivity index (χ0v) is 16.6. The van der Waals surface area contributed by atoms with Gasteiger partial charge >= 0.3 is 0 Å². The Labute approximate surface area is 158 Å². The Hall–Kier alpha value is -1.65. The Morgan fingerprint density at radius 1 is 1.27 bits per heavy atom. The number of benzene rings is 1. The van der Waals surface area contributed by atoms with Crippen LogP contribution in [0, 0.1) is 18.8 Å². The predicted octanol–water partition coefficient (Wildman–Crippen LogP) is 4.97. The highest BCUT2D eigenvalue weighted by molar-refractivity contribution is 7.94. The van der Waals surface area contributed by atoms with Crippen molar-refractivity contribution in [3.05, 3.63) is 65.6 Å². The average Bonchev–Trinajstić information content (AvgIpc) is 2.61. The number of sulfone groups is 1. The summed E-state index contributed by atoms with van der Waals surface area (Å²) in [4.78, 5) is 0.256. The van der Waals surface area contributed by atoms with Crippen molar-refractivity contribution in [3.63, 3.8) is 0 Å². The summed E-state index contributed by atoms with van der Waals surface area (Å²) in [6, 6.07) is 6.75. The second-order valence-electron chi connectivity index (χ2n) is 7.29. The molecule has 1 aliphatic rings. The van der Waals surface area contributed by atoms with Gasteiger partial charge in [-0.05, 0) is 63.2 Å². The fourth-order valence-electron chi connectivity index (χ4n) is 3.79. The molecule has 0 bridgehead atoms. The highest BCUT2D eigenvalue weighted by atomic mass is 32.2. The van der Waals surface area contributed by atoms with Crippen LogP contribution in [0.5, 0.6) is 0 Å². The molecule has 2 rings (SSSR count). The van der Waals surface area contributed by atoms with Crippen LogP contribution >= 0.6 is 0 Å². The number of aliphatic hydroxyl groups is 1. The van der Waals surface area contributed by atoms with Crippen molar-refractivity contribution in [2.75, 3.05) is 0 Å². The third-order valence-electron chi connectivity index (χ3n) is 5.25. The van der Waals surface area contributed by atoms with E-state index in [4.69, 9.17) is 0 Å². The fraction of sp³-hybridized carbons (Fsp3) is 0.455. The summed E-state index contributed by atoms with van der Waals surface area (Å²) >= 11 is 0. The van der Waals surface area contributed by atoms with Crippen molar-refractivity contribution in [2.24, 2.45) is 11.8 Å². The molecule has 0 saturated heterocycles. The molecule has 0 spiro atoms. The van der Waals surface area contributed by atoms with Gasteiger partial charge in [-0.1, -0.05) is 54.8 Å². The summed E-state index contributed by atoms with van der Waals surface area (Å²) in [7, 11) is -3.52. The van der Waals surface area contributed by atoms with E-state index < -0.39 is 15.9 Å². The molecular formula is C22H30O3S. The Kier molecular flexibility index (Phi) is 7.42. The van der Waals surface area contributed by atoms with E-state index in [0.29, 0.717) is 18.3 Å². The van der Waals surface area contributed by atoms with Crippen molar-refractivity contribution in [1.29, 1.82) is 0 Å². The molecule has 1 unspecified atom stereocenters. The van der Waals surface area contributed by atoms with Crippen LogP contribution in [0.3, 0.4) is 0 Å². The van der Waals surface area contributed by atoms with Gasteiger partial charge in [0.2, 0.25) is 0 Å². The van der Waals surface area contributed by atoms with Crippen molar-refractivity contribution in [1.82, 2.24) is 0 Å². The molecule has 1 aromatic rings. The zero-order valence-electron chi connectivity index (χ0n) is 15.8. The van der Waals surface area contributed by atoms with Crippen LogP contribution in [0.25, 0.3) is 0 Å². The number of hydrogen-bond acceptors (Lipinski definition) is 3. The monoisotopic (exact) mass is 374 g/mol. The lowest BCUT2D eigenvalue weighted by atomic mass is 9.73. The molecule has 1 saturated carbocycles. The van der Waals surface area contributed by atoms with Crippen molar-refractivity contribution < 1.29 is 13.5 Å². The maximum absolute atomic E-state index is 12.4. The smallest absolute Gasteiger partial charge is 0.199 e. The van der Waals surface area contributed by atoms with Crippen LogP contribution < -0.4 is 0 Å². The lowest BCUT2D eigenvalue weighted by Gasteiger charge is -2.33. The molecule has 0 heterocycles. The molecule has 1 N–H and O–H groups in total. The number of allylic oxidation sites excluding steroid dienone is 3. The first-order valence-corrected chi connectivity index (χ1v) is 10.9. The molecule has 1 aromatic carbocycles. The zero-order chi connectivity index (χ0) is 19.2. The first kappa shape index (κ1) is 20.7. The minimum absolute atomic E-state index is 0.256. The van der Waals surface area contributed by atoms with Gasteiger partial charge in [-0.2, -0.15) is 0 Å². The molecule has 1 aliphatic carbocycles. The van der Waals surface area contributed by atoms with Crippen molar-refractivity contribution in [2.45, 2.75) is 57.0 Å². The van der Waals surface area contributed by atoms with Gasteiger partial charge in [0.05, 0.1) is 11.0 Å². The third-order valence-corrected chi connectivity index (χ3v) is 6.69. The molecule has 4 heteroatoms. The second kappa shape index (κ2) is 9.33. The molecule has 0 aliphatic heterocycles. The predicted molar refractivity (Wildman–Crippen MR) is 108 cm³/mol. The van der Waals surface area contributed by atoms with Crippen LogP contribution in [0.2, 0.25) is 0 Å². The normalized spacial score (nSPS) is 23.1. The molecule has 0 aromatic heterocycles. The van der Waals surface area contributed by atoms with Gasteiger partial charge in [0.1, 0.15) is 0 Å². The Bertz CT molecular complexity index is 757. The molecule has 0 radical (unpaired) electrons. The van der Waals surface area contributed by atoms with E-state index in [1.165, 1.54) is 24.5 Å². The summed E-state index contributed by atoms with van der Waals surface area (Å²) in [6.45, 7) is 7.80. The molecule has 3 nitrogen and oxygen atoms in total. The minimum Gasteiger partial charge on any atom is -0.389 e. The Morgan fingerprint density at radius 2 is 1.92 bits per heavy atom. The summed E-state index contributed by atoms with van der Waals surface area (Å²) < 4.78 is 24.8. The first-order chi connectivity index (χ1) is 12.3. The molecular weight excluding hydrogens is 344 g/mol. The van der Waals surface area contributed by atoms with Crippen LogP contribution in [-0.2, 0) is 9.84 Å². The maximum atomic E-state index is 12.4. The van der Waals surface area contributed by atoms with Gasteiger partial charge in [-0.25, -0.2) is 8.42 Å². The van der Waals surface area contributed by atoms with E-state index in [0.717, 1.165) is 23.8 Å². The van der Waals surface area contributed by atoms with Gasteiger partial charge < -0.3 is 5.11 Å². The number of aliphatic hydroxyl groups excluding tert-OH is 1. The second-order valence-corrected chi connectivity index (χ2v) is 9.12. The van der Waals surface area contributed by atoms with E-state index in [2.05, 4.69) is 13.5 Å². The number of aryl methyl sites for hydroxylation is 1. The third kappa shape index (κ3) is 5.68. The maximum Gasteiger partial charge on any atom is 0.199 e. The molecule has 0 amide bonds. The van der Waals surface area contributed by atoms with Gasteiger partial charge in [0, 0.05) is 5.41 Å². The molecule has 142 valence electrons. The summed E-state index contributed by atoms with van der Waals surface area (Å²) in [6.07, 6.45) is 9.69. The first-order valence-electron chi connectivity index (χ1n) is 9.30. The van der Waals surface area contributed by atoms with E-state index in [-0.39, 0.29) is 4.90 Å². The lowest BCUT2D eigenvalue weighted by Crippen LogP contribution is -2.24. The summed E-state index contributed by atoms with van der Waals surface area (Å²) in [5, 5.41) is 11.5. The Balaban J connectivity index is 2.05. The lowest BCUT2D eigenvalue weighted by molar-refractivity contribution is 0.148. The standard InChI is InChI=1S/C22H30O3S/c1-4-7-18(3)22-9-6-5-8-19(22)16-20(23)14-15-26(24,25)21-12-10-17(2)11-13-21/h4,7,10-15,19-20,22-23H,1,5-6,8-9,16H2,2-3H3/b15-14+,18-7-/t19-,20?,22-/m1/s1. The summed E-state index contributed by atoms with van der Waals surface area (Å²) in [5.74, 6) is 0.820. The summed E-state index contributed by atoms with van der Waals surface area (Å²) in [5.41, 5.74) is 2.31. The van der Waals surface area contributed by atoms with Crippen molar-refractivity contribution >= 4 is 9.84 Å². The number of rotatable bonds is 7. The number of hydrogen-bond donors (Lipinski definition) is 1. The topological polar surface area (TPSA) is 54.4 Å². The highest BCUT2D eigenvalue weighted by Gasteiger charge is 2.27.